The van der Waals surface area contributed by atoms with Crippen LogP contribution in [0.5, 0.6) is 0 Å². The Labute approximate surface area is 128 Å². The van der Waals surface area contributed by atoms with Gasteiger partial charge in [0.25, 0.3) is 0 Å². The van der Waals surface area contributed by atoms with Crippen LogP contribution in [0.25, 0.3) is 0 Å². The van der Waals surface area contributed by atoms with Gasteiger partial charge in [-0.1, -0.05) is 31.4 Å². The van der Waals surface area contributed by atoms with E-state index in [-0.39, 0.29) is 22.7 Å². The number of carboxylic acids is 1. The number of carbonyl (C=O) groups excluding carboxylic acids is 1. The standard InChI is InChI=1S/C15H19ClN2O3/c1-9-3-2-4-10(7-9)17-15(21)18-11-5-6-12(14(19)20)13(16)8-11/h5-6,8-10H,2-4,7H2,1H3,(H,19,20)(H2,17,18,21). The Morgan fingerprint density at radius 1 is 1.33 bits per heavy atom. The number of benzene rings is 1. The number of carbonyl (C=O) groups is 2. The lowest BCUT2D eigenvalue weighted by molar-refractivity contribution is 0.0697. The van der Waals surface area contributed by atoms with Crippen molar-refractivity contribution >= 4 is 29.3 Å². The molecule has 1 aromatic rings. The quantitative estimate of drug-likeness (QED) is 0.795. The molecule has 0 saturated heterocycles. The second-order valence-corrected chi connectivity index (χ2v) is 5.97. The highest BCUT2D eigenvalue weighted by molar-refractivity contribution is 6.33. The van der Waals surface area contributed by atoms with Crippen molar-refractivity contribution in [2.24, 2.45) is 5.92 Å². The van der Waals surface area contributed by atoms with Crippen molar-refractivity contribution in [2.45, 2.75) is 38.6 Å². The third-order valence-corrected chi connectivity index (χ3v) is 4.04. The van der Waals surface area contributed by atoms with Gasteiger partial charge in [-0.15, -0.1) is 0 Å². The van der Waals surface area contributed by atoms with E-state index in [4.69, 9.17) is 16.7 Å². The summed E-state index contributed by atoms with van der Waals surface area (Å²) in [7, 11) is 0. The van der Waals surface area contributed by atoms with Gasteiger partial charge in [-0.2, -0.15) is 0 Å². The van der Waals surface area contributed by atoms with Crippen molar-refractivity contribution in [3.63, 3.8) is 0 Å². The molecule has 2 unspecified atom stereocenters. The van der Waals surface area contributed by atoms with E-state index in [1.165, 1.54) is 24.6 Å². The number of hydrogen-bond donors (Lipinski definition) is 3. The molecular formula is C15H19ClN2O3. The third kappa shape index (κ3) is 4.36. The molecule has 0 aliphatic heterocycles. The predicted molar refractivity (Wildman–Crippen MR) is 82.0 cm³/mol. The number of nitrogens with one attached hydrogen (secondary N) is 2. The predicted octanol–water partition coefficient (Wildman–Crippen LogP) is 3.74. The van der Waals surface area contributed by atoms with Crippen molar-refractivity contribution in [2.75, 3.05) is 5.32 Å². The van der Waals surface area contributed by atoms with Crippen LogP contribution in [0.4, 0.5) is 10.5 Å². The minimum atomic E-state index is -1.09. The van der Waals surface area contributed by atoms with E-state index in [0.29, 0.717) is 11.6 Å². The molecule has 1 aliphatic rings. The largest absolute Gasteiger partial charge is 0.478 e. The highest BCUT2D eigenvalue weighted by atomic mass is 35.5. The fraction of sp³-hybridized carbons (Fsp3) is 0.467. The fourth-order valence-corrected chi connectivity index (χ4v) is 2.95. The number of amides is 2. The van der Waals surface area contributed by atoms with Gasteiger partial charge in [-0.3, -0.25) is 0 Å². The Hall–Kier alpha value is -1.75. The Morgan fingerprint density at radius 3 is 2.71 bits per heavy atom. The van der Waals surface area contributed by atoms with Crippen LogP contribution in [0.2, 0.25) is 5.02 Å². The molecule has 0 aromatic heterocycles. The summed E-state index contributed by atoms with van der Waals surface area (Å²) >= 11 is 5.87. The summed E-state index contributed by atoms with van der Waals surface area (Å²) < 4.78 is 0. The van der Waals surface area contributed by atoms with Gasteiger partial charge in [0.2, 0.25) is 0 Å². The second kappa shape index (κ2) is 6.80. The monoisotopic (exact) mass is 310 g/mol. The molecule has 0 bridgehead atoms. The second-order valence-electron chi connectivity index (χ2n) is 5.57. The van der Waals surface area contributed by atoms with Crippen molar-refractivity contribution in [1.29, 1.82) is 0 Å². The van der Waals surface area contributed by atoms with Crippen LogP contribution in [-0.4, -0.2) is 23.1 Å². The van der Waals surface area contributed by atoms with Crippen molar-refractivity contribution in [3.8, 4) is 0 Å². The molecule has 1 fully saturated rings. The Morgan fingerprint density at radius 2 is 2.10 bits per heavy atom. The molecule has 2 atom stereocenters. The number of anilines is 1. The Bertz CT molecular complexity index is 548. The van der Waals surface area contributed by atoms with E-state index in [2.05, 4.69) is 17.6 Å². The fourth-order valence-electron chi connectivity index (χ4n) is 2.68. The molecule has 1 aliphatic carbocycles. The highest BCUT2D eigenvalue weighted by Crippen LogP contribution is 2.24. The molecule has 114 valence electrons. The summed E-state index contributed by atoms with van der Waals surface area (Å²) in [5.74, 6) is -0.458. The van der Waals surface area contributed by atoms with E-state index in [9.17, 15) is 9.59 Å². The molecule has 21 heavy (non-hydrogen) atoms. The van der Waals surface area contributed by atoms with E-state index >= 15 is 0 Å². The van der Waals surface area contributed by atoms with E-state index in [1.807, 2.05) is 0 Å². The van der Waals surface area contributed by atoms with Crippen molar-refractivity contribution < 1.29 is 14.7 Å². The topological polar surface area (TPSA) is 78.4 Å². The van der Waals surface area contributed by atoms with Crippen LogP contribution >= 0.6 is 11.6 Å². The summed E-state index contributed by atoms with van der Waals surface area (Å²) in [6.07, 6.45) is 4.33. The number of urea groups is 1. The average Bonchev–Trinajstić information content (AvgIpc) is 2.38. The molecule has 5 nitrogen and oxygen atoms in total. The Kier molecular flexibility index (Phi) is 5.07. The molecule has 6 heteroatoms. The van der Waals surface area contributed by atoms with Crippen LogP contribution in [-0.2, 0) is 0 Å². The van der Waals surface area contributed by atoms with Crippen molar-refractivity contribution in [3.05, 3.63) is 28.8 Å². The molecule has 0 spiro atoms. The number of carboxylic acid groups (broad SMARTS) is 1. The first kappa shape index (κ1) is 15.6. The highest BCUT2D eigenvalue weighted by Gasteiger charge is 2.20. The molecule has 0 heterocycles. The lowest BCUT2D eigenvalue weighted by atomic mass is 9.87. The molecule has 2 amide bonds. The zero-order valence-electron chi connectivity index (χ0n) is 11.9. The van der Waals surface area contributed by atoms with Gasteiger partial charge in [-0.05, 0) is 37.0 Å². The number of rotatable bonds is 3. The third-order valence-electron chi connectivity index (χ3n) is 3.73. The van der Waals surface area contributed by atoms with Gasteiger partial charge in [0.05, 0.1) is 10.6 Å². The maximum absolute atomic E-state index is 11.9. The number of aromatic carboxylic acids is 1. The van der Waals surface area contributed by atoms with E-state index in [0.717, 1.165) is 19.3 Å². The van der Waals surface area contributed by atoms with Crippen molar-refractivity contribution in [1.82, 2.24) is 5.32 Å². The lowest BCUT2D eigenvalue weighted by Crippen LogP contribution is -2.40. The molecule has 2 rings (SSSR count). The molecule has 1 saturated carbocycles. The van der Waals surface area contributed by atoms with E-state index in [1.54, 1.807) is 0 Å². The first-order valence-corrected chi connectivity index (χ1v) is 7.44. The van der Waals surface area contributed by atoms with Crippen LogP contribution in [0.15, 0.2) is 18.2 Å². The van der Waals surface area contributed by atoms with Crippen LogP contribution in [0, 0.1) is 5.92 Å². The smallest absolute Gasteiger partial charge is 0.337 e. The first-order chi connectivity index (χ1) is 9.95. The van der Waals surface area contributed by atoms with Gasteiger partial charge in [-0.25, -0.2) is 9.59 Å². The minimum Gasteiger partial charge on any atom is -0.478 e. The van der Waals surface area contributed by atoms with Gasteiger partial charge < -0.3 is 15.7 Å². The summed E-state index contributed by atoms with van der Waals surface area (Å²) in [6, 6.07) is 4.26. The van der Waals surface area contributed by atoms with Gasteiger partial charge >= 0.3 is 12.0 Å². The molecular weight excluding hydrogens is 292 g/mol. The lowest BCUT2D eigenvalue weighted by Gasteiger charge is -2.27. The molecule has 3 N–H and O–H groups in total. The number of halogens is 1. The number of hydrogen-bond acceptors (Lipinski definition) is 2. The van der Waals surface area contributed by atoms with E-state index < -0.39 is 5.97 Å². The van der Waals surface area contributed by atoms with Crippen LogP contribution in [0.3, 0.4) is 0 Å². The van der Waals surface area contributed by atoms with Crippen LogP contribution in [0.1, 0.15) is 43.0 Å². The average molecular weight is 311 g/mol. The summed E-state index contributed by atoms with van der Waals surface area (Å²) in [4.78, 5) is 22.8. The zero-order chi connectivity index (χ0) is 15.4. The molecule has 0 radical (unpaired) electrons. The van der Waals surface area contributed by atoms with Gasteiger partial charge in [0.1, 0.15) is 0 Å². The first-order valence-electron chi connectivity index (χ1n) is 7.06. The van der Waals surface area contributed by atoms with Gasteiger partial charge in [0.15, 0.2) is 0 Å². The van der Waals surface area contributed by atoms with Crippen LogP contribution < -0.4 is 10.6 Å². The zero-order valence-corrected chi connectivity index (χ0v) is 12.6. The Balaban J connectivity index is 1.93. The maximum Gasteiger partial charge on any atom is 0.337 e. The normalized spacial score (nSPS) is 21.6. The SMILES string of the molecule is CC1CCCC(NC(=O)Nc2ccc(C(=O)O)c(Cl)c2)C1. The summed E-state index contributed by atoms with van der Waals surface area (Å²) in [5, 5.41) is 14.6. The minimum absolute atomic E-state index is 0.0173. The summed E-state index contributed by atoms with van der Waals surface area (Å²) in [6.45, 7) is 2.19. The summed E-state index contributed by atoms with van der Waals surface area (Å²) in [5.41, 5.74) is 0.495. The van der Waals surface area contributed by atoms with Gasteiger partial charge in [0, 0.05) is 11.7 Å². The molecule has 1 aromatic carbocycles. The maximum atomic E-state index is 11.9.